The molecular formula is C21H21FN2O6S. The third-order valence-electron chi connectivity index (χ3n) is 4.76. The first-order chi connectivity index (χ1) is 14.5. The Hall–Kier alpha value is -3.24. The molecule has 10 heteroatoms. The van der Waals surface area contributed by atoms with E-state index in [4.69, 9.17) is 9.15 Å². The number of aryl methyl sites for hydroxylation is 1. The number of sulfonamides is 1. The Balaban J connectivity index is 2.05. The minimum Gasteiger partial charge on any atom is -0.422 e. The number of amides is 1. The van der Waals surface area contributed by atoms with Crippen molar-refractivity contribution in [3.05, 3.63) is 69.3 Å². The van der Waals surface area contributed by atoms with Crippen molar-refractivity contribution >= 4 is 27.1 Å². The van der Waals surface area contributed by atoms with Crippen LogP contribution in [-0.4, -0.2) is 40.6 Å². The van der Waals surface area contributed by atoms with Crippen LogP contribution in [0.15, 0.2) is 50.5 Å². The maximum absolute atomic E-state index is 14.5. The van der Waals surface area contributed by atoms with Gasteiger partial charge in [-0.25, -0.2) is 27.1 Å². The third kappa shape index (κ3) is 4.59. The molecular weight excluding hydrogens is 427 g/mol. The number of benzene rings is 2. The fourth-order valence-electron chi connectivity index (χ4n) is 3.00. The van der Waals surface area contributed by atoms with Crippen molar-refractivity contribution in [1.29, 1.82) is 0 Å². The van der Waals surface area contributed by atoms with Crippen molar-refractivity contribution in [1.82, 2.24) is 9.62 Å². The molecule has 0 spiro atoms. The lowest BCUT2D eigenvalue weighted by molar-refractivity contribution is 0.170. The third-order valence-corrected chi connectivity index (χ3v) is 6.17. The summed E-state index contributed by atoms with van der Waals surface area (Å²) in [6.45, 7) is 1.65. The summed E-state index contributed by atoms with van der Waals surface area (Å²) in [7, 11) is 0.574. The number of fused-ring (bicyclic) bond motifs is 1. The number of nitrogens with one attached hydrogen (secondary N) is 1. The zero-order valence-electron chi connectivity index (χ0n) is 17.4. The second kappa shape index (κ2) is 8.48. The number of hydrogen-bond acceptors (Lipinski definition) is 6. The van der Waals surface area contributed by atoms with Crippen LogP contribution in [0.1, 0.15) is 16.7 Å². The normalized spacial score (nSPS) is 11.5. The summed E-state index contributed by atoms with van der Waals surface area (Å²) in [6.07, 6.45) is -0.679. The number of nitrogens with zero attached hydrogens (tertiary/aromatic N) is 1. The fourth-order valence-corrected chi connectivity index (χ4v) is 3.80. The predicted octanol–water partition coefficient (Wildman–Crippen LogP) is 2.80. The first-order valence-corrected chi connectivity index (χ1v) is 10.7. The van der Waals surface area contributed by atoms with Crippen molar-refractivity contribution in [3.63, 3.8) is 0 Å². The molecule has 0 unspecified atom stereocenters. The lowest BCUT2D eigenvalue weighted by atomic mass is 9.99. The van der Waals surface area contributed by atoms with Crippen LogP contribution in [0.25, 0.3) is 11.0 Å². The number of rotatable bonds is 5. The molecule has 1 amide bonds. The topological polar surface area (TPSA) is 106 Å². The lowest BCUT2D eigenvalue weighted by Crippen LogP contribution is -2.25. The molecule has 1 heterocycles. The second-order valence-corrected chi connectivity index (χ2v) is 8.95. The van der Waals surface area contributed by atoms with Gasteiger partial charge in [0.15, 0.2) is 11.6 Å². The fraction of sp³-hybridized carbons (Fsp3) is 0.238. The van der Waals surface area contributed by atoms with Crippen molar-refractivity contribution in [2.24, 2.45) is 0 Å². The number of ether oxygens (including phenoxy) is 1. The van der Waals surface area contributed by atoms with Gasteiger partial charge in [-0.2, -0.15) is 0 Å². The highest BCUT2D eigenvalue weighted by Crippen LogP contribution is 2.28. The summed E-state index contributed by atoms with van der Waals surface area (Å²) in [4.78, 5) is 25.5. The molecule has 2 aromatic carbocycles. The van der Waals surface area contributed by atoms with Gasteiger partial charge >= 0.3 is 11.7 Å². The van der Waals surface area contributed by atoms with Gasteiger partial charge in [0.25, 0.3) is 0 Å². The minimum atomic E-state index is -3.64. The van der Waals surface area contributed by atoms with Gasteiger partial charge in [0.05, 0.1) is 4.90 Å². The molecule has 31 heavy (non-hydrogen) atoms. The Morgan fingerprint density at radius 3 is 2.58 bits per heavy atom. The molecule has 3 aromatic rings. The van der Waals surface area contributed by atoms with E-state index in [-0.39, 0.29) is 28.2 Å². The number of carbonyl (C=O) groups excluding carboxylic acids is 1. The van der Waals surface area contributed by atoms with Crippen LogP contribution in [0.2, 0.25) is 0 Å². The van der Waals surface area contributed by atoms with E-state index in [0.29, 0.717) is 16.5 Å². The average molecular weight is 448 g/mol. The summed E-state index contributed by atoms with van der Waals surface area (Å²) >= 11 is 0. The standard InChI is InChI=1S/C21H21FN2O6S/c1-12-15-10-17(22)19(30-21(26)24(3)4)11-18(15)29-20(25)16(12)9-13-6-5-7-14(8-13)31(27,28)23-2/h5-8,10-11,23H,9H2,1-4H3. The molecule has 1 aromatic heterocycles. The Kier molecular flexibility index (Phi) is 6.14. The van der Waals surface area contributed by atoms with Gasteiger partial charge in [0.2, 0.25) is 10.0 Å². The average Bonchev–Trinajstić information content (AvgIpc) is 2.72. The highest BCUT2D eigenvalue weighted by molar-refractivity contribution is 7.89. The van der Waals surface area contributed by atoms with Gasteiger partial charge in [-0.05, 0) is 43.3 Å². The van der Waals surface area contributed by atoms with Crippen LogP contribution >= 0.6 is 0 Å². The molecule has 0 aliphatic carbocycles. The summed E-state index contributed by atoms with van der Waals surface area (Å²) < 4.78 is 51.1. The molecule has 0 fully saturated rings. The van der Waals surface area contributed by atoms with Gasteiger partial charge in [-0.15, -0.1) is 0 Å². The molecule has 0 bridgehead atoms. The van der Waals surface area contributed by atoms with Crippen LogP contribution in [0.5, 0.6) is 5.75 Å². The molecule has 0 saturated carbocycles. The quantitative estimate of drug-likeness (QED) is 0.602. The Morgan fingerprint density at radius 1 is 1.23 bits per heavy atom. The monoisotopic (exact) mass is 448 g/mol. The SMILES string of the molecule is CNS(=O)(=O)c1cccc(Cc2c(C)c3cc(F)c(OC(=O)N(C)C)cc3oc2=O)c1. The molecule has 8 nitrogen and oxygen atoms in total. The molecule has 0 radical (unpaired) electrons. The van der Waals surface area contributed by atoms with Gasteiger partial charge < -0.3 is 14.1 Å². The van der Waals surface area contributed by atoms with E-state index in [1.54, 1.807) is 19.1 Å². The molecule has 0 aliphatic heterocycles. The highest BCUT2D eigenvalue weighted by Gasteiger charge is 2.18. The van der Waals surface area contributed by atoms with Gasteiger partial charge in [0, 0.05) is 37.5 Å². The van der Waals surface area contributed by atoms with Crippen molar-refractivity contribution in [2.75, 3.05) is 21.1 Å². The zero-order chi connectivity index (χ0) is 22.9. The second-order valence-electron chi connectivity index (χ2n) is 7.07. The van der Waals surface area contributed by atoms with E-state index in [2.05, 4.69) is 4.72 Å². The zero-order valence-corrected chi connectivity index (χ0v) is 18.2. The van der Waals surface area contributed by atoms with E-state index < -0.39 is 27.6 Å². The number of hydrogen-bond donors (Lipinski definition) is 1. The van der Waals surface area contributed by atoms with E-state index in [1.165, 1.54) is 33.3 Å². The van der Waals surface area contributed by atoms with Crippen LogP contribution in [0.4, 0.5) is 9.18 Å². The molecule has 0 aliphatic rings. The van der Waals surface area contributed by atoms with Gasteiger partial charge in [-0.1, -0.05) is 12.1 Å². The van der Waals surface area contributed by atoms with Crippen LogP contribution < -0.4 is 15.1 Å². The van der Waals surface area contributed by atoms with Crippen molar-refractivity contribution in [2.45, 2.75) is 18.2 Å². The number of carbonyl (C=O) groups is 1. The Morgan fingerprint density at radius 2 is 1.94 bits per heavy atom. The predicted molar refractivity (Wildman–Crippen MR) is 112 cm³/mol. The lowest BCUT2D eigenvalue weighted by Gasteiger charge is -2.13. The Labute approximate surface area is 178 Å². The smallest absolute Gasteiger partial charge is 0.414 e. The molecule has 0 atom stereocenters. The van der Waals surface area contributed by atoms with E-state index in [9.17, 15) is 22.4 Å². The minimum absolute atomic E-state index is 0.0636. The Bertz CT molecular complexity index is 1330. The van der Waals surface area contributed by atoms with E-state index in [0.717, 1.165) is 17.0 Å². The van der Waals surface area contributed by atoms with E-state index in [1.807, 2.05) is 0 Å². The molecule has 1 N–H and O–H groups in total. The number of halogens is 1. The largest absolute Gasteiger partial charge is 0.422 e. The van der Waals surface area contributed by atoms with Gasteiger partial charge in [-0.3, -0.25) is 0 Å². The summed E-state index contributed by atoms with van der Waals surface area (Å²) in [5.41, 5.74) is 0.744. The first-order valence-electron chi connectivity index (χ1n) is 9.21. The maximum Gasteiger partial charge on any atom is 0.414 e. The van der Waals surface area contributed by atoms with Crippen molar-refractivity contribution in [3.8, 4) is 5.75 Å². The van der Waals surface area contributed by atoms with Gasteiger partial charge in [0.1, 0.15) is 5.58 Å². The van der Waals surface area contributed by atoms with E-state index >= 15 is 0 Å². The maximum atomic E-state index is 14.5. The van der Waals surface area contributed by atoms with Crippen LogP contribution in [0, 0.1) is 12.7 Å². The van der Waals surface area contributed by atoms with Crippen molar-refractivity contribution < 1.29 is 26.8 Å². The molecule has 164 valence electrons. The summed E-state index contributed by atoms with van der Waals surface area (Å²) in [6, 6.07) is 8.45. The first kappa shape index (κ1) is 22.4. The van der Waals surface area contributed by atoms with Crippen LogP contribution in [-0.2, 0) is 16.4 Å². The summed E-state index contributed by atoms with van der Waals surface area (Å²) in [5, 5.41) is 0.343. The molecule has 0 saturated heterocycles. The summed E-state index contributed by atoms with van der Waals surface area (Å²) in [5.74, 6) is -1.14. The highest BCUT2D eigenvalue weighted by atomic mass is 32.2. The van der Waals surface area contributed by atoms with Crippen LogP contribution in [0.3, 0.4) is 0 Å². The molecule has 3 rings (SSSR count).